The highest BCUT2D eigenvalue weighted by atomic mass is 35.5. The van der Waals surface area contributed by atoms with Crippen LogP contribution in [-0.2, 0) is 36.9 Å². The maximum atomic E-state index is 12.1. The third-order valence-electron chi connectivity index (χ3n) is 7.25. The molecule has 2 aromatic rings. The highest BCUT2D eigenvalue weighted by molar-refractivity contribution is 5.85. The van der Waals surface area contributed by atoms with Crippen molar-refractivity contribution in [2.75, 3.05) is 13.9 Å². The number of carbonyl (C=O) groups excluding carboxylic acids is 3. The number of benzene rings is 2. The van der Waals surface area contributed by atoms with Gasteiger partial charge in [-0.3, -0.25) is 0 Å². The number of nitrogens with two attached hydrogens (primary N) is 1. The minimum atomic E-state index is -0.593. The molecule has 0 radical (unpaired) electrons. The first-order valence-electron chi connectivity index (χ1n) is 15.4. The molecule has 0 aromatic heterocycles. The van der Waals surface area contributed by atoms with Crippen molar-refractivity contribution in [3.8, 4) is 0 Å². The van der Waals surface area contributed by atoms with Gasteiger partial charge in [-0.05, 0) is 57.6 Å². The molecule has 0 bridgehead atoms. The first-order valence-corrected chi connectivity index (χ1v) is 15.4. The molecular formula is C33H49ClN4O9. The molecule has 3 amide bonds. The fourth-order valence-corrected chi connectivity index (χ4v) is 5.10. The Labute approximate surface area is 282 Å². The lowest BCUT2D eigenvalue weighted by Crippen LogP contribution is -2.44. The predicted octanol–water partition coefficient (Wildman–Crippen LogP) is 4.14. The van der Waals surface area contributed by atoms with Gasteiger partial charge in [0.15, 0.2) is 0 Å². The van der Waals surface area contributed by atoms with Crippen molar-refractivity contribution >= 4 is 30.7 Å². The Morgan fingerprint density at radius 1 is 0.787 bits per heavy atom. The molecule has 0 heterocycles. The summed E-state index contributed by atoms with van der Waals surface area (Å²) in [5.41, 5.74) is 6.93. The Morgan fingerprint density at radius 2 is 1.30 bits per heavy atom. The molecule has 2 saturated carbocycles. The molecule has 0 unspecified atom stereocenters. The minimum absolute atomic E-state index is 0. The summed E-state index contributed by atoms with van der Waals surface area (Å²) in [6.45, 7) is 5.94. The van der Waals surface area contributed by atoms with Gasteiger partial charge in [-0.1, -0.05) is 60.7 Å². The van der Waals surface area contributed by atoms with Crippen LogP contribution in [0.2, 0.25) is 0 Å². The molecule has 6 atom stereocenters. The van der Waals surface area contributed by atoms with Gasteiger partial charge in [0.25, 0.3) is 0 Å². The lowest BCUT2D eigenvalue weighted by atomic mass is 10.2. The van der Waals surface area contributed by atoms with E-state index in [0.717, 1.165) is 11.1 Å². The Bertz CT molecular complexity index is 1210. The summed E-state index contributed by atoms with van der Waals surface area (Å²) >= 11 is 0. The summed E-state index contributed by atoms with van der Waals surface area (Å²) in [7, 11) is 1.53. The number of aliphatic hydroxyl groups excluding tert-OH is 1. The van der Waals surface area contributed by atoms with Gasteiger partial charge < -0.3 is 50.5 Å². The van der Waals surface area contributed by atoms with Crippen LogP contribution in [0.25, 0.3) is 0 Å². The van der Waals surface area contributed by atoms with Gasteiger partial charge in [0.05, 0.1) is 18.2 Å². The molecule has 2 aliphatic carbocycles. The molecule has 47 heavy (non-hydrogen) atoms. The molecule has 0 saturated heterocycles. The first-order chi connectivity index (χ1) is 21.9. The van der Waals surface area contributed by atoms with Crippen LogP contribution in [0.5, 0.6) is 0 Å². The zero-order valence-corrected chi connectivity index (χ0v) is 28.2. The molecule has 4 rings (SSSR count). The van der Waals surface area contributed by atoms with E-state index in [9.17, 15) is 19.5 Å². The number of aliphatic hydroxyl groups is 1. The lowest BCUT2D eigenvalue weighted by Gasteiger charge is -2.24. The van der Waals surface area contributed by atoms with Crippen molar-refractivity contribution in [2.24, 2.45) is 5.73 Å². The number of amides is 3. The Morgan fingerprint density at radius 3 is 1.74 bits per heavy atom. The molecular weight excluding hydrogens is 632 g/mol. The summed E-state index contributed by atoms with van der Waals surface area (Å²) < 4.78 is 26.3. The summed E-state index contributed by atoms with van der Waals surface area (Å²) in [4.78, 5) is 35.7. The molecule has 2 aliphatic rings. The minimum Gasteiger partial charge on any atom is -0.445 e. The second-order valence-corrected chi connectivity index (χ2v) is 12.3. The Kier molecular flexibility index (Phi) is 16.8. The lowest BCUT2D eigenvalue weighted by molar-refractivity contribution is -0.0773. The summed E-state index contributed by atoms with van der Waals surface area (Å²) in [6.07, 6.45) is -0.212. The smallest absolute Gasteiger partial charge is 0.407 e. The van der Waals surface area contributed by atoms with E-state index in [1.165, 1.54) is 7.11 Å². The largest absolute Gasteiger partial charge is 0.445 e. The van der Waals surface area contributed by atoms with E-state index in [-0.39, 0.29) is 62.7 Å². The van der Waals surface area contributed by atoms with Crippen molar-refractivity contribution in [2.45, 2.75) is 102 Å². The van der Waals surface area contributed by atoms with E-state index in [2.05, 4.69) is 16.0 Å². The van der Waals surface area contributed by atoms with E-state index in [1.807, 2.05) is 60.7 Å². The van der Waals surface area contributed by atoms with Gasteiger partial charge in [-0.25, -0.2) is 14.4 Å². The number of carbonyl (C=O) groups is 3. The Balaban J connectivity index is 0.000000349. The number of rotatable bonds is 10. The molecule has 6 N–H and O–H groups in total. The first kappa shape index (κ1) is 39.6. The van der Waals surface area contributed by atoms with Crippen molar-refractivity contribution in [3.63, 3.8) is 0 Å². The zero-order valence-electron chi connectivity index (χ0n) is 27.4. The number of hydrogen-bond donors (Lipinski definition) is 5. The second kappa shape index (κ2) is 19.9. The summed E-state index contributed by atoms with van der Waals surface area (Å²) in [5, 5.41) is 17.8. The molecule has 0 aliphatic heterocycles. The normalized spacial score (nSPS) is 23.3. The van der Waals surface area contributed by atoms with Crippen molar-refractivity contribution in [1.82, 2.24) is 16.0 Å². The third kappa shape index (κ3) is 15.2. The standard InChI is InChI=1S/C20H30N2O6.C13H18N2O3.ClH/c1-20(2,3)28-19(24)22-16-10-15(11-17(16)27-13-25-4)21-18(23)26-12-14-8-6-5-7-9-14;14-11-6-10(7-12(11)16)15-13(17)18-8-9-4-2-1-3-5-9;/h5-9,15-17H,10-13H2,1-4H3,(H,21,23)(H,22,24);1-5,10-12,16H,6-8,14H2,(H,15,17);1H/t15-,16+,17-;10-,11+,12-;/m11./s1. The highest BCUT2D eigenvalue weighted by Crippen LogP contribution is 2.24. The van der Waals surface area contributed by atoms with Crippen LogP contribution in [0.15, 0.2) is 60.7 Å². The number of halogens is 1. The molecule has 2 fully saturated rings. The Hall–Kier alpha value is -3.62. The van der Waals surface area contributed by atoms with Crippen LogP contribution < -0.4 is 21.7 Å². The van der Waals surface area contributed by atoms with Crippen LogP contribution in [0.3, 0.4) is 0 Å². The molecule has 262 valence electrons. The van der Waals surface area contributed by atoms with Crippen LogP contribution in [0.4, 0.5) is 14.4 Å². The van der Waals surface area contributed by atoms with Gasteiger partial charge in [0, 0.05) is 25.2 Å². The SMILES string of the molecule is COCO[C@@H]1C[C@H](NC(=O)OCc2ccccc2)C[C@@H]1NC(=O)OC(C)(C)C.Cl.N[C@H]1C[C@@H](NC(=O)OCc2ccccc2)C[C@H]1O. The molecule has 2 aromatic carbocycles. The van der Waals surface area contributed by atoms with Gasteiger partial charge in [-0.15, -0.1) is 12.4 Å². The van der Waals surface area contributed by atoms with E-state index in [4.69, 9.17) is 29.4 Å². The van der Waals surface area contributed by atoms with Gasteiger partial charge in [0.1, 0.15) is 25.6 Å². The molecule has 0 spiro atoms. The average molecular weight is 681 g/mol. The number of nitrogens with one attached hydrogen (secondary N) is 3. The van der Waals surface area contributed by atoms with Crippen LogP contribution in [0.1, 0.15) is 57.6 Å². The van der Waals surface area contributed by atoms with Gasteiger partial charge in [0.2, 0.25) is 0 Å². The fourth-order valence-electron chi connectivity index (χ4n) is 5.10. The number of methoxy groups -OCH3 is 1. The molecule has 14 heteroatoms. The monoisotopic (exact) mass is 680 g/mol. The van der Waals surface area contributed by atoms with Crippen LogP contribution >= 0.6 is 12.4 Å². The van der Waals surface area contributed by atoms with E-state index >= 15 is 0 Å². The predicted molar refractivity (Wildman–Crippen MR) is 177 cm³/mol. The highest BCUT2D eigenvalue weighted by Gasteiger charge is 2.38. The topological polar surface area (TPSA) is 180 Å². The number of hydrogen-bond acceptors (Lipinski definition) is 10. The van der Waals surface area contributed by atoms with Crippen LogP contribution in [-0.4, -0.2) is 79.3 Å². The van der Waals surface area contributed by atoms with Crippen molar-refractivity contribution in [3.05, 3.63) is 71.8 Å². The van der Waals surface area contributed by atoms with Crippen molar-refractivity contribution < 1.29 is 43.2 Å². The quantitative estimate of drug-likeness (QED) is 0.181. The number of ether oxygens (including phenoxy) is 5. The van der Waals surface area contributed by atoms with Crippen LogP contribution in [0, 0.1) is 0 Å². The maximum absolute atomic E-state index is 12.1. The molecule has 13 nitrogen and oxygen atoms in total. The average Bonchev–Trinajstić information content (AvgIpc) is 3.53. The summed E-state index contributed by atoms with van der Waals surface area (Å²) in [6, 6.07) is 18.1. The zero-order chi connectivity index (χ0) is 33.5. The van der Waals surface area contributed by atoms with Crippen molar-refractivity contribution in [1.29, 1.82) is 0 Å². The fraction of sp³-hybridized carbons (Fsp3) is 0.545. The van der Waals surface area contributed by atoms with E-state index in [1.54, 1.807) is 20.8 Å². The van der Waals surface area contributed by atoms with Gasteiger partial charge >= 0.3 is 18.3 Å². The maximum Gasteiger partial charge on any atom is 0.407 e. The summed E-state index contributed by atoms with van der Waals surface area (Å²) in [5.74, 6) is 0. The van der Waals surface area contributed by atoms with E-state index in [0.29, 0.717) is 25.7 Å². The third-order valence-corrected chi connectivity index (χ3v) is 7.25. The second-order valence-electron chi connectivity index (χ2n) is 12.3. The van der Waals surface area contributed by atoms with E-state index < -0.39 is 30.0 Å². The van der Waals surface area contributed by atoms with Gasteiger partial charge in [-0.2, -0.15) is 0 Å². The number of alkyl carbamates (subject to hydrolysis) is 3.